The lowest BCUT2D eigenvalue weighted by atomic mass is 9.96. The standard InChI is InChI=1S/C14H11F3N2O3/c1-7(20)9-4-3-8(14(15,16)17)5-10(9)11-6-12(21)18-19-13(11)22-2/h3-6H,1-2H3,(H,18,21). The first-order chi connectivity index (χ1) is 10.2. The maximum Gasteiger partial charge on any atom is 0.416 e. The van der Waals surface area contributed by atoms with E-state index in [1.54, 1.807) is 0 Å². The van der Waals surface area contributed by atoms with E-state index >= 15 is 0 Å². The molecule has 1 heterocycles. The number of nitrogens with one attached hydrogen (secondary N) is 1. The van der Waals surface area contributed by atoms with Crippen molar-refractivity contribution in [3.63, 3.8) is 0 Å². The number of carbonyl (C=O) groups is 1. The van der Waals surface area contributed by atoms with Crippen molar-refractivity contribution in [1.82, 2.24) is 10.2 Å². The van der Waals surface area contributed by atoms with Crippen molar-refractivity contribution in [2.45, 2.75) is 13.1 Å². The molecule has 0 spiro atoms. The van der Waals surface area contributed by atoms with Crippen LogP contribution in [0.2, 0.25) is 0 Å². The van der Waals surface area contributed by atoms with Crippen molar-refractivity contribution in [1.29, 1.82) is 0 Å². The summed E-state index contributed by atoms with van der Waals surface area (Å²) in [6, 6.07) is 3.72. The summed E-state index contributed by atoms with van der Waals surface area (Å²) in [4.78, 5) is 23.1. The average Bonchev–Trinajstić information content (AvgIpc) is 2.45. The Hall–Kier alpha value is -2.64. The van der Waals surface area contributed by atoms with Crippen LogP contribution in [0.4, 0.5) is 13.2 Å². The number of hydrogen-bond donors (Lipinski definition) is 1. The largest absolute Gasteiger partial charge is 0.480 e. The molecule has 0 radical (unpaired) electrons. The van der Waals surface area contributed by atoms with Gasteiger partial charge in [0.05, 0.1) is 18.2 Å². The molecular formula is C14H11F3N2O3. The number of nitrogens with zero attached hydrogens (tertiary/aromatic N) is 1. The van der Waals surface area contributed by atoms with Gasteiger partial charge in [-0.15, -0.1) is 5.10 Å². The molecule has 1 aromatic carbocycles. The van der Waals surface area contributed by atoms with Gasteiger partial charge in [0, 0.05) is 11.6 Å². The van der Waals surface area contributed by atoms with Crippen LogP contribution in [0.1, 0.15) is 22.8 Å². The number of benzene rings is 1. The van der Waals surface area contributed by atoms with Crippen molar-refractivity contribution < 1.29 is 22.7 Å². The second-order valence-electron chi connectivity index (χ2n) is 4.47. The molecule has 0 aliphatic carbocycles. The summed E-state index contributed by atoms with van der Waals surface area (Å²) >= 11 is 0. The van der Waals surface area contributed by atoms with Gasteiger partial charge >= 0.3 is 6.18 Å². The molecular weight excluding hydrogens is 301 g/mol. The van der Waals surface area contributed by atoms with Crippen LogP contribution in [0.5, 0.6) is 5.88 Å². The van der Waals surface area contributed by atoms with Crippen LogP contribution in [0.3, 0.4) is 0 Å². The first kappa shape index (κ1) is 15.7. The van der Waals surface area contributed by atoms with E-state index in [0.717, 1.165) is 24.3 Å². The molecule has 0 bridgehead atoms. The van der Waals surface area contributed by atoms with E-state index < -0.39 is 23.1 Å². The van der Waals surface area contributed by atoms with Crippen molar-refractivity contribution >= 4 is 5.78 Å². The van der Waals surface area contributed by atoms with Crippen LogP contribution in [0.25, 0.3) is 11.1 Å². The SMILES string of the molecule is COc1n[nH]c(=O)cc1-c1cc(C(F)(F)F)ccc1C(C)=O. The van der Waals surface area contributed by atoms with Crippen LogP contribution >= 0.6 is 0 Å². The van der Waals surface area contributed by atoms with Crippen LogP contribution < -0.4 is 10.3 Å². The topological polar surface area (TPSA) is 72.0 Å². The minimum Gasteiger partial charge on any atom is -0.480 e. The van der Waals surface area contributed by atoms with E-state index in [0.29, 0.717) is 0 Å². The zero-order valence-electron chi connectivity index (χ0n) is 11.6. The smallest absolute Gasteiger partial charge is 0.416 e. The minimum absolute atomic E-state index is 0.0162. The second kappa shape index (κ2) is 5.63. The Labute approximate surface area is 122 Å². The van der Waals surface area contributed by atoms with Gasteiger partial charge in [-0.25, -0.2) is 5.10 Å². The Kier molecular flexibility index (Phi) is 4.03. The molecule has 1 aromatic heterocycles. The fourth-order valence-corrected chi connectivity index (χ4v) is 1.99. The number of aromatic amines is 1. The lowest BCUT2D eigenvalue weighted by Crippen LogP contribution is -2.11. The zero-order valence-corrected chi connectivity index (χ0v) is 11.6. The maximum atomic E-state index is 12.9. The number of ketones is 1. The van der Waals surface area contributed by atoms with Crippen LogP contribution in [0, 0.1) is 0 Å². The predicted molar refractivity (Wildman–Crippen MR) is 71.9 cm³/mol. The van der Waals surface area contributed by atoms with Gasteiger partial charge in [0.25, 0.3) is 5.56 Å². The molecule has 0 unspecified atom stereocenters. The monoisotopic (exact) mass is 312 g/mol. The van der Waals surface area contributed by atoms with Gasteiger partial charge in [0.15, 0.2) is 5.78 Å². The lowest BCUT2D eigenvalue weighted by Gasteiger charge is -2.13. The predicted octanol–water partition coefficient (Wildman–Crippen LogP) is 2.67. The fourth-order valence-electron chi connectivity index (χ4n) is 1.99. The molecule has 116 valence electrons. The number of alkyl halides is 3. The van der Waals surface area contributed by atoms with Crippen molar-refractivity contribution in [2.75, 3.05) is 7.11 Å². The molecule has 0 amide bonds. The highest BCUT2D eigenvalue weighted by molar-refractivity contribution is 6.01. The Morgan fingerprint density at radius 1 is 1.23 bits per heavy atom. The molecule has 0 saturated carbocycles. The molecule has 0 aliphatic heterocycles. The van der Waals surface area contributed by atoms with E-state index in [1.165, 1.54) is 14.0 Å². The molecule has 1 N–H and O–H groups in total. The van der Waals surface area contributed by atoms with Gasteiger partial charge in [0.2, 0.25) is 5.88 Å². The highest BCUT2D eigenvalue weighted by atomic mass is 19.4. The van der Waals surface area contributed by atoms with Gasteiger partial charge in [0.1, 0.15) is 0 Å². The van der Waals surface area contributed by atoms with E-state index in [2.05, 4.69) is 10.2 Å². The molecule has 22 heavy (non-hydrogen) atoms. The number of halogens is 3. The first-order valence-corrected chi connectivity index (χ1v) is 6.10. The summed E-state index contributed by atoms with van der Waals surface area (Å²) < 4.78 is 43.6. The Morgan fingerprint density at radius 3 is 2.45 bits per heavy atom. The van der Waals surface area contributed by atoms with Gasteiger partial charge in [-0.05, 0) is 24.6 Å². The maximum absolute atomic E-state index is 12.9. The third-order valence-electron chi connectivity index (χ3n) is 2.98. The average molecular weight is 312 g/mol. The number of hydrogen-bond acceptors (Lipinski definition) is 4. The number of ether oxygens (including phenoxy) is 1. The van der Waals surface area contributed by atoms with Crippen molar-refractivity contribution in [2.24, 2.45) is 0 Å². The number of rotatable bonds is 3. The summed E-state index contributed by atoms with van der Waals surface area (Å²) in [6.45, 7) is 1.22. The second-order valence-corrected chi connectivity index (χ2v) is 4.47. The third-order valence-corrected chi connectivity index (χ3v) is 2.98. The molecule has 0 aliphatic rings. The highest BCUT2D eigenvalue weighted by Gasteiger charge is 2.32. The van der Waals surface area contributed by atoms with E-state index in [1.807, 2.05) is 0 Å². The summed E-state index contributed by atoms with van der Waals surface area (Å²) in [7, 11) is 1.26. The molecule has 8 heteroatoms. The zero-order chi connectivity index (χ0) is 16.5. The quantitative estimate of drug-likeness (QED) is 0.884. The van der Waals surface area contributed by atoms with Gasteiger partial charge in [-0.2, -0.15) is 13.2 Å². The molecule has 2 aromatic rings. The summed E-state index contributed by atoms with van der Waals surface area (Å²) in [5.41, 5.74) is -1.56. The van der Waals surface area contributed by atoms with Gasteiger partial charge in [-0.3, -0.25) is 9.59 Å². The number of aromatic nitrogens is 2. The van der Waals surface area contributed by atoms with Crippen LogP contribution in [-0.4, -0.2) is 23.1 Å². The molecule has 2 rings (SSSR count). The van der Waals surface area contributed by atoms with E-state index in [9.17, 15) is 22.8 Å². The Morgan fingerprint density at radius 2 is 1.91 bits per heavy atom. The van der Waals surface area contributed by atoms with E-state index in [4.69, 9.17) is 4.74 Å². The van der Waals surface area contributed by atoms with Gasteiger partial charge in [-0.1, -0.05) is 6.07 Å². The molecule has 0 fully saturated rings. The third kappa shape index (κ3) is 3.00. The number of Topliss-reactive ketones (excluding diaryl/α,β-unsaturated/α-hetero) is 1. The molecule has 0 saturated heterocycles. The summed E-state index contributed by atoms with van der Waals surface area (Å²) in [5, 5.41) is 5.73. The lowest BCUT2D eigenvalue weighted by molar-refractivity contribution is -0.137. The van der Waals surface area contributed by atoms with Gasteiger partial charge < -0.3 is 4.74 Å². The Bertz CT molecular complexity index is 782. The van der Waals surface area contributed by atoms with Crippen LogP contribution in [-0.2, 0) is 6.18 Å². The number of methoxy groups -OCH3 is 1. The van der Waals surface area contributed by atoms with E-state index in [-0.39, 0.29) is 22.6 Å². The molecule has 5 nitrogen and oxygen atoms in total. The van der Waals surface area contributed by atoms with Crippen molar-refractivity contribution in [3.8, 4) is 17.0 Å². The first-order valence-electron chi connectivity index (χ1n) is 6.10. The number of H-pyrrole nitrogens is 1. The van der Waals surface area contributed by atoms with Crippen LogP contribution in [0.15, 0.2) is 29.1 Å². The summed E-state index contributed by atoms with van der Waals surface area (Å²) in [6.07, 6.45) is -4.58. The van der Waals surface area contributed by atoms with Crippen molar-refractivity contribution in [3.05, 3.63) is 45.7 Å². The molecule has 0 atom stereocenters. The summed E-state index contributed by atoms with van der Waals surface area (Å²) in [5.74, 6) is -0.521. The highest BCUT2D eigenvalue weighted by Crippen LogP contribution is 2.36. The number of carbonyl (C=O) groups excluding carboxylic acids is 1. The minimum atomic E-state index is -4.58. The fraction of sp³-hybridized carbons (Fsp3) is 0.214. The Balaban J connectivity index is 2.80. The normalized spacial score (nSPS) is 11.3.